The van der Waals surface area contributed by atoms with E-state index in [-0.39, 0.29) is 5.54 Å². The first-order valence-corrected chi connectivity index (χ1v) is 7.01. The van der Waals surface area contributed by atoms with Crippen LogP contribution < -0.4 is 5.73 Å². The second kappa shape index (κ2) is 4.11. The van der Waals surface area contributed by atoms with Crippen molar-refractivity contribution in [2.75, 3.05) is 0 Å². The number of aromatic nitrogens is 1. The average molecular weight is 238 g/mol. The van der Waals surface area contributed by atoms with E-state index in [0.717, 1.165) is 25.0 Å². The van der Waals surface area contributed by atoms with Crippen LogP contribution in [0.1, 0.15) is 57.2 Å². The molecule has 2 nitrogen and oxygen atoms in total. The maximum absolute atomic E-state index is 6.40. The van der Waals surface area contributed by atoms with Gasteiger partial charge in [-0.1, -0.05) is 33.6 Å². The third-order valence-corrected chi connectivity index (χ3v) is 4.09. The molecule has 1 saturated carbocycles. The zero-order valence-corrected chi connectivity index (χ0v) is 11.4. The summed E-state index contributed by atoms with van der Waals surface area (Å²) in [5.74, 6) is 0. The molecule has 90 valence electrons. The van der Waals surface area contributed by atoms with Crippen molar-refractivity contribution >= 4 is 11.3 Å². The highest BCUT2D eigenvalue weighted by Crippen LogP contribution is 2.37. The summed E-state index contributed by atoms with van der Waals surface area (Å²) in [5.41, 5.74) is 7.73. The Morgan fingerprint density at radius 3 is 2.56 bits per heavy atom. The van der Waals surface area contributed by atoms with Crippen molar-refractivity contribution in [2.45, 2.75) is 58.4 Å². The Morgan fingerprint density at radius 1 is 1.38 bits per heavy atom. The third kappa shape index (κ3) is 2.64. The van der Waals surface area contributed by atoms with Gasteiger partial charge in [0.1, 0.15) is 0 Å². The lowest BCUT2D eigenvalue weighted by Crippen LogP contribution is -2.33. The lowest BCUT2D eigenvalue weighted by Gasteiger charge is -2.21. The van der Waals surface area contributed by atoms with Crippen LogP contribution in [0, 0.1) is 5.41 Å². The van der Waals surface area contributed by atoms with Gasteiger partial charge in [-0.15, -0.1) is 11.3 Å². The average Bonchev–Trinajstić information content (AvgIpc) is 2.72. The predicted molar refractivity (Wildman–Crippen MR) is 69.6 cm³/mol. The minimum Gasteiger partial charge on any atom is -0.320 e. The standard InChI is InChI=1S/C13H22N2S/c1-12(2,3)8-11-15-10(9-16-11)13(14)6-4-5-7-13/h9H,4-8,14H2,1-3H3. The number of nitrogens with zero attached hydrogens (tertiary/aromatic N) is 1. The van der Waals surface area contributed by atoms with Crippen LogP contribution >= 0.6 is 11.3 Å². The highest BCUT2D eigenvalue weighted by Gasteiger charge is 2.33. The number of hydrogen-bond donors (Lipinski definition) is 1. The van der Waals surface area contributed by atoms with E-state index in [0.29, 0.717) is 5.41 Å². The van der Waals surface area contributed by atoms with Crippen LogP contribution in [-0.4, -0.2) is 4.98 Å². The van der Waals surface area contributed by atoms with Crippen molar-refractivity contribution in [1.29, 1.82) is 0 Å². The van der Waals surface area contributed by atoms with E-state index in [1.165, 1.54) is 17.8 Å². The lowest BCUT2D eigenvalue weighted by atomic mass is 9.92. The van der Waals surface area contributed by atoms with Crippen molar-refractivity contribution in [2.24, 2.45) is 11.1 Å². The Bertz CT molecular complexity index is 356. The van der Waals surface area contributed by atoms with Crippen LogP contribution in [0.5, 0.6) is 0 Å². The summed E-state index contributed by atoms with van der Waals surface area (Å²) < 4.78 is 0. The smallest absolute Gasteiger partial charge is 0.0934 e. The first-order chi connectivity index (χ1) is 7.39. The molecule has 0 radical (unpaired) electrons. The van der Waals surface area contributed by atoms with E-state index in [1.807, 2.05) is 0 Å². The molecule has 1 aliphatic carbocycles. The topological polar surface area (TPSA) is 38.9 Å². The fourth-order valence-corrected chi connectivity index (χ4v) is 3.54. The summed E-state index contributed by atoms with van der Waals surface area (Å²) in [7, 11) is 0. The van der Waals surface area contributed by atoms with Crippen LogP contribution in [0.3, 0.4) is 0 Å². The summed E-state index contributed by atoms with van der Waals surface area (Å²) in [5, 5.41) is 3.41. The molecule has 0 amide bonds. The Labute approximate surface area is 102 Å². The molecule has 0 atom stereocenters. The molecule has 1 aromatic heterocycles. The van der Waals surface area contributed by atoms with Gasteiger partial charge < -0.3 is 5.73 Å². The Kier molecular flexibility index (Phi) is 3.10. The van der Waals surface area contributed by atoms with Crippen molar-refractivity contribution in [3.63, 3.8) is 0 Å². The molecule has 0 unspecified atom stereocenters. The van der Waals surface area contributed by atoms with Crippen LogP contribution in [0.4, 0.5) is 0 Å². The summed E-state index contributed by atoms with van der Waals surface area (Å²) in [4.78, 5) is 4.74. The first kappa shape index (κ1) is 12.1. The van der Waals surface area contributed by atoms with E-state index in [2.05, 4.69) is 26.2 Å². The largest absolute Gasteiger partial charge is 0.320 e. The molecule has 2 rings (SSSR count). The van der Waals surface area contributed by atoms with E-state index in [9.17, 15) is 0 Å². The van der Waals surface area contributed by atoms with Crippen LogP contribution in [0.2, 0.25) is 0 Å². The lowest BCUT2D eigenvalue weighted by molar-refractivity contribution is 0.406. The maximum Gasteiger partial charge on any atom is 0.0934 e. The van der Waals surface area contributed by atoms with Crippen LogP contribution in [0.25, 0.3) is 0 Å². The molecular formula is C13H22N2S. The van der Waals surface area contributed by atoms with Crippen LogP contribution in [0.15, 0.2) is 5.38 Å². The fraction of sp³-hybridized carbons (Fsp3) is 0.769. The van der Waals surface area contributed by atoms with Gasteiger partial charge in [-0.2, -0.15) is 0 Å². The highest BCUT2D eigenvalue weighted by molar-refractivity contribution is 7.09. The number of nitrogens with two attached hydrogens (primary N) is 1. The van der Waals surface area contributed by atoms with Crippen LogP contribution in [-0.2, 0) is 12.0 Å². The molecule has 16 heavy (non-hydrogen) atoms. The summed E-state index contributed by atoms with van der Waals surface area (Å²) >= 11 is 1.77. The van der Waals surface area contributed by atoms with Gasteiger partial charge in [0, 0.05) is 11.8 Å². The van der Waals surface area contributed by atoms with Crippen molar-refractivity contribution in [3.8, 4) is 0 Å². The van der Waals surface area contributed by atoms with Crippen molar-refractivity contribution in [3.05, 3.63) is 16.1 Å². The van der Waals surface area contributed by atoms with Gasteiger partial charge in [0.15, 0.2) is 0 Å². The SMILES string of the molecule is CC(C)(C)Cc1nc(C2(N)CCCC2)cs1. The molecule has 2 N–H and O–H groups in total. The molecular weight excluding hydrogens is 216 g/mol. The maximum atomic E-state index is 6.40. The molecule has 1 aromatic rings. The molecule has 0 spiro atoms. The fourth-order valence-electron chi connectivity index (χ4n) is 2.34. The molecule has 0 saturated heterocycles. The summed E-state index contributed by atoms with van der Waals surface area (Å²) in [6.07, 6.45) is 5.76. The van der Waals surface area contributed by atoms with Gasteiger partial charge >= 0.3 is 0 Å². The number of thiazole rings is 1. The van der Waals surface area contributed by atoms with Crippen molar-refractivity contribution in [1.82, 2.24) is 4.98 Å². The van der Waals surface area contributed by atoms with E-state index in [1.54, 1.807) is 11.3 Å². The van der Waals surface area contributed by atoms with E-state index < -0.39 is 0 Å². The first-order valence-electron chi connectivity index (χ1n) is 6.13. The minimum atomic E-state index is -0.118. The zero-order chi connectivity index (χ0) is 11.8. The molecule has 0 bridgehead atoms. The number of hydrogen-bond acceptors (Lipinski definition) is 3. The molecule has 1 aliphatic rings. The van der Waals surface area contributed by atoms with E-state index in [4.69, 9.17) is 10.7 Å². The van der Waals surface area contributed by atoms with Crippen molar-refractivity contribution < 1.29 is 0 Å². The van der Waals surface area contributed by atoms with Gasteiger partial charge in [-0.3, -0.25) is 0 Å². The monoisotopic (exact) mass is 238 g/mol. The molecule has 0 aromatic carbocycles. The van der Waals surface area contributed by atoms with Gasteiger partial charge in [-0.25, -0.2) is 4.98 Å². The number of rotatable bonds is 2. The molecule has 1 fully saturated rings. The highest BCUT2D eigenvalue weighted by atomic mass is 32.1. The van der Waals surface area contributed by atoms with Gasteiger partial charge in [0.25, 0.3) is 0 Å². The van der Waals surface area contributed by atoms with Gasteiger partial charge in [0.2, 0.25) is 0 Å². The van der Waals surface area contributed by atoms with Gasteiger partial charge in [-0.05, 0) is 18.3 Å². The second-order valence-electron chi connectivity index (χ2n) is 6.23. The van der Waals surface area contributed by atoms with E-state index >= 15 is 0 Å². The summed E-state index contributed by atoms with van der Waals surface area (Å²) in [6.45, 7) is 6.76. The summed E-state index contributed by atoms with van der Waals surface area (Å²) in [6, 6.07) is 0. The zero-order valence-electron chi connectivity index (χ0n) is 10.5. The Balaban J connectivity index is 2.13. The van der Waals surface area contributed by atoms with Gasteiger partial charge in [0.05, 0.1) is 16.2 Å². The predicted octanol–water partition coefficient (Wildman–Crippen LogP) is 3.46. The molecule has 1 heterocycles. The normalized spacial score (nSPS) is 20.2. The minimum absolute atomic E-state index is 0.118. The quantitative estimate of drug-likeness (QED) is 0.857. The Morgan fingerprint density at radius 2 is 2.00 bits per heavy atom. The Hall–Kier alpha value is -0.410. The second-order valence-corrected chi connectivity index (χ2v) is 7.17. The third-order valence-electron chi connectivity index (χ3n) is 3.24. The molecule has 0 aliphatic heterocycles. The molecule has 3 heteroatoms.